The highest BCUT2D eigenvalue weighted by atomic mass is 127. The van der Waals surface area contributed by atoms with Gasteiger partial charge in [0, 0.05) is 33.2 Å². The molecule has 3 atom stereocenters. The number of piperidine rings is 1. The second-order valence-electron chi connectivity index (χ2n) is 6.73. The maximum atomic E-state index is 11.8. The number of hydrogen-bond acceptors (Lipinski definition) is 2. The second-order valence-corrected chi connectivity index (χ2v) is 6.73. The average Bonchev–Trinajstić information content (AvgIpc) is 2.41. The number of likely N-dealkylation sites (tertiary alicyclic amines) is 1. The van der Waals surface area contributed by atoms with E-state index in [9.17, 15) is 4.79 Å². The molecule has 1 amide bonds. The fraction of sp³-hybridized carbons (Fsp3) is 0.875. The molecule has 0 aliphatic carbocycles. The van der Waals surface area contributed by atoms with Crippen molar-refractivity contribution in [1.29, 1.82) is 0 Å². The van der Waals surface area contributed by atoms with Crippen LogP contribution in [0, 0.1) is 11.8 Å². The summed E-state index contributed by atoms with van der Waals surface area (Å²) in [6, 6.07) is 0.366. The minimum atomic E-state index is 0. The minimum Gasteiger partial charge on any atom is -0.354 e. The molecule has 22 heavy (non-hydrogen) atoms. The van der Waals surface area contributed by atoms with Crippen LogP contribution in [0.3, 0.4) is 0 Å². The zero-order valence-electron chi connectivity index (χ0n) is 14.9. The number of carbonyl (C=O) groups excluding carboxylic acids is 1. The van der Waals surface area contributed by atoms with Crippen LogP contribution < -0.4 is 5.32 Å². The van der Waals surface area contributed by atoms with Crippen molar-refractivity contribution in [2.45, 2.75) is 46.6 Å². The molecule has 1 N–H and O–H groups in total. The molecule has 1 aliphatic rings. The SMILES string of the molecule is CCC(C)NC(=NCC(=O)N(C)C)N1CC(C)CC(C)C1.I. The van der Waals surface area contributed by atoms with Crippen molar-refractivity contribution in [3.05, 3.63) is 0 Å². The van der Waals surface area contributed by atoms with Crippen molar-refractivity contribution in [3.8, 4) is 0 Å². The Kier molecular flexibility index (Phi) is 10.0. The first-order valence-corrected chi connectivity index (χ1v) is 8.09. The van der Waals surface area contributed by atoms with Crippen LogP contribution in [0.4, 0.5) is 0 Å². The molecule has 1 aliphatic heterocycles. The van der Waals surface area contributed by atoms with E-state index in [1.165, 1.54) is 6.42 Å². The number of halogens is 1. The summed E-state index contributed by atoms with van der Waals surface area (Å²) in [5.74, 6) is 2.26. The normalized spacial score (nSPS) is 23.5. The van der Waals surface area contributed by atoms with Gasteiger partial charge in [-0.2, -0.15) is 0 Å². The van der Waals surface area contributed by atoms with E-state index in [1.54, 1.807) is 19.0 Å². The molecule has 6 heteroatoms. The summed E-state index contributed by atoms with van der Waals surface area (Å²) < 4.78 is 0. The Morgan fingerprint density at radius 1 is 1.32 bits per heavy atom. The third-order valence-electron chi connectivity index (χ3n) is 4.02. The predicted octanol–water partition coefficient (Wildman–Crippen LogP) is 2.41. The molecule has 0 aromatic rings. The van der Waals surface area contributed by atoms with Crippen LogP contribution in [0.2, 0.25) is 0 Å². The number of hydrogen-bond donors (Lipinski definition) is 1. The summed E-state index contributed by atoms with van der Waals surface area (Å²) in [7, 11) is 3.54. The molecule has 0 saturated carbocycles. The van der Waals surface area contributed by atoms with E-state index in [0.29, 0.717) is 17.9 Å². The molecule has 3 unspecified atom stereocenters. The van der Waals surface area contributed by atoms with Crippen molar-refractivity contribution in [1.82, 2.24) is 15.1 Å². The van der Waals surface area contributed by atoms with Crippen LogP contribution in [-0.2, 0) is 4.79 Å². The van der Waals surface area contributed by atoms with Crippen LogP contribution in [0.15, 0.2) is 4.99 Å². The molecule has 1 heterocycles. The summed E-state index contributed by atoms with van der Waals surface area (Å²) in [6.07, 6.45) is 2.31. The Hall–Kier alpha value is -0.530. The molecule has 0 bridgehead atoms. The lowest BCUT2D eigenvalue weighted by Gasteiger charge is -2.38. The van der Waals surface area contributed by atoms with Crippen LogP contribution >= 0.6 is 24.0 Å². The highest BCUT2D eigenvalue weighted by molar-refractivity contribution is 14.0. The van der Waals surface area contributed by atoms with Crippen LogP contribution in [-0.4, -0.2) is 61.4 Å². The Bertz CT molecular complexity index is 363. The fourth-order valence-electron chi connectivity index (χ4n) is 2.68. The molecule has 1 saturated heterocycles. The zero-order chi connectivity index (χ0) is 16.0. The lowest BCUT2D eigenvalue weighted by molar-refractivity contribution is -0.127. The van der Waals surface area contributed by atoms with Crippen molar-refractivity contribution >= 4 is 35.8 Å². The average molecular weight is 424 g/mol. The minimum absolute atomic E-state index is 0. The molecule has 0 aromatic heterocycles. The van der Waals surface area contributed by atoms with Gasteiger partial charge in [-0.05, 0) is 31.6 Å². The number of nitrogens with zero attached hydrogens (tertiary/aromatic N) is 3. The summed E-state index contributed by atoms with van der Waals surface area (Å²) in [5, 5.41) is 3.48. The van der Waals surface area contributed by atoms with Crippen molar-refractivity contribution in [2.75, 3.05) is 33.7 Å². The molecule has 0 radical (unpaired) electrons. The lowest BCUT2D eigenvalue weighted by atomic mass is 9.92. The number of nitrogens with one attached hydrogen (secondary N) is 1. The standard InChI is InChI=1S/C16H32N4O.HI/c1-7-14(4)18-16(17-9-15(21)19(5)6)20-10-12(2)8-13(3)11-20;/h12-14H,7-11H2,1-6H3,(H,17,18);1H. The van der Waals surface area contributed by atoms with Crippen LogP contribution in [0.1, 0.15) is 40.5 Å². The van der Waals surface area contributed by atoms with Gasteiger partial charge in [0.15, 0.2) is 5.96 Å². The van der Waals surface area contributed by atoms with Gasteiger partial charge in [-0.25, -0.2) is 4.99 Å². The molecule has 1 fully saturated rings. The summed E-state index contributed by atoms with van der Waals surface area (Å²) in [5.41, 5.74) is 0. The monoisotopic (exact) mass is 424 g/mol. The first kappa shape index (κ1) is 21.5. The number of likely N-dealkylation sites (N-methyl/N-ethyl adjacent to an activating group) is 1. The Balaban J connectivity index is 0.00000441. The number of amides is 1. The summed E-state index contributed by atoms with van der Waals surface area (Å²) in [4.78, 5) is 20.3. The van der Waals surface area contributed by atoms with Crippen molar-refractivity contribution in [2.24, 2.45) is 16.8 Å². The van der Waals surface area contributed by atoms with Gasteiger partial charge in [-0.3, -0.25) is 4.79 Å². The smallest absolute Gasteiger partial charge is 0.243 e. The number of rotatable bonds is 4. The molecule has 5 nitrogen and oxygen atoms in total. The van der Waals surface area contributed by atoms with Crippen molar-refractivity contribution < 1.29 is 4.79 Å². The predicted molar refractivity (Wildman–Crippen MR) is 104 cm³/mol. The molecule has 0 aromatic carbocycles. The van der Waals surface area contributed by atoms with E-state index in [2.05, 4.69) is 42.9 Å². The quantitative estimate of drug-likeness (QED) is 0.429. The Morgan fingerprint density at radius 2 is 1.86 bits per heavy atom. The molecule has 1 rings (SSSR count). The highest BCUT2D eigenvalue weighted by Crippen LogP contribution is 2.21. The largest absolute Gasteiger partial charge is 0.354 e. The van der Waals surface area contributed by atoms with Gasteiger partial charge < -0.3 is 15.1 Å². The van der Waals surface area contributed by atoms with Crippen molar-refractivity contribution in [3.63, 3.8) is 0 Å². The Labute approximate surface area is 152 Å². The molecular formula is C16H33IN4O. The second kappa shape index (κ2) is 10.3. The lowest BCUT2D eigenvalue weighted by Crippen LogP contribution is -2.50. The maximum Gasteiger partial charge on any atom is 0.243 e. The van der Waals surface area contributed by atoms with Gasteiger partial charge in [0.2, 0.25) is 5.91 Å². The maximum absolute atomic E-state index is 11.8. The fourth-order valence-corrected chi connectivity index (χ4v) is 2.68. The zero-order valence-corrected chi connectivity index (χ0v) is 17.3. The third kappa shape index (κ3) is 7.15. The van der Waals surface area contributed by atoms with Gasteiger partial charge >= 0.3 is 0 Å². The highest BCUT2D eigenvalue weighted by Gasteiger charge is 2.25. The number of guanidine groups is 1. The van der Waals surface area contributed by atoms with E-state index in [4.69, 9.17) is 0 Å². The molecular weight excluding hydrogens is 391 g/mol. The summed E-state index contributed by atoms with van der Waals surface area (Å²) in [6.45, 7) is 11.1. The van der Waals surface area contributed by atoms with Crippen LogP contribution in [0.5, 0.6) is 0 Å². The summed E-state index contributed by atoms with van der Waals surface area (Å²) >= 11 is 0. The molecule has 130 valence electrons. The van der Waals surface area contributed by atoms with Gasteiger partial charge in [-0.15, -0.1) is 24.0 Å². The van der Waals surface area contributed by atoms with E-state index in [1.807, 2.05) is 0 Å². The first-order chi connectivity index (χ1) is 9.83. The van der Waals surface area contributed by atoms with E-state index >= 15 is 0 Å². The first-order valence-electron chi connectivity index (χ1n) is 8.09. The van der Waals surface area contributed by atoms with E-state index in [-0.39, 0.29) is 36.4 Å². The van der Waals surface area contributed by atoms with Gasteiger partial charge in [0.25, 0.3) is 0 Å². The third-order valence-corrected chi connectivity index (χ3v) is 4.02. The number of aliphatic imine (C=N–C) groups is 1. The number of carbonyl (C=O) groups is 1. The van der Waals surface area contributed by atoms with E-state index in [0.717, 1.165) is 25.5 Å². The molecule has 0 spiro atoms. The van der Waals surface area contributed by atoms with E-state index < -0.39 is 0 Å². The van der Waals surface area contributed by atoms with Gasteiger partial charge in [0.05, 0.1) is 0 Å². The van der Waals surface area contributed by atoms with Crippen LogP contribution in [0.25, 0.3) is 0 Å². The van der Waals surface area contributed by atoms with Gasteiger partial charge in [0.1, 0.15) is 6.54 Å². The van der Waals surface area contributed by atoms with Gasteiger partial charge in [-0.1, -0.05) is 20.8 Å². The topological polar surface area (TPSA) is 47.9 Å². The Morgan fingerprint density at radius 3 is 2.32 bits per heavy atom.